The van der Waals surface area contributed by atoms with Crippen molar-refractivity contribution in [2.75, 3.05) is 18.5 Å². The van der Waals surface area contributed by atoms with Gasteiger partial charge in [-0.3, -0.25) is 0 Å². The Morgan fingerprint density at radius 2 is 2.00 bits per heavy atom. The van der Waals surface area contributed by atoms with Crippen LogP contribution in [0.3, 0.4) is 0 Å². The van der Waals surface area contributed by atoms with Gasteiger partial charge in [0.25, 0.3) is 0 Å². The van der Waals surface area contributed by atoms with Gasteiger partial charge in [-0.1, -0.05) is 31.4 Å². The second-order valence-electron chi connectivity index (χ2n) is 5.51. The average molecular weight is 312 g/mol. The smallest absolute Gasteiger partial charge is 0.0504 e. The summed E-state index contributed by atoms with van der Waals surface area (Å²) in [4.78, 5) is 0. The maximum atomic E-state index is 9.69. The highest BCUT2D eigenvalue weighted by atomic mass is 79.9. The minimum Gasteiger partial charge on any atom is -0.396 e. The molecule has 0 aliphatic heterocycles. The van der Waals surface area contributed by atoms with Crippen molar-refractivity contribution in [2.45, 2.75) is 39.0 Å². The largest absolute Gasteiger partial charge is 0.396 e. The van der Waals surface area contributed by atoms with Gasteiger partial charge in [0, 0.05) is 22.1 Å². The molecule has 100 valence electrons. The molecule has 2 N–H and O–H groups in total. The molecular formula is C15H22BrNO. The highest BCUT2D eigenvalue weighted by Crippen LogP contribution is 2.36. The number of hydrogen-bond acceptors (Lipinski definition) is 2. The molecule has 0 spiro atoms. The number of rotatable bonds is 4. The van der Waals surface area contributed by atoms with Gasteiger partial charge in [-0.2, -0.15) is 0 Å². The first-order valence-electron chi connectivity index (χ1n) is 6.77. The summed E-state index contributed by atoms with van der Waals surface area (Å²) in [7, 11) is 0. The number of hydrogen-bond donors (Lipinski definition) is 2. The molecule has 1 fully saturated rings. The quantitative estimate of drug-likeness (QED) is 0.877. The van der Waals surface area contributed by atoms with Gasteiger partial charge in [-0.05, 0) is 47.3 Å². The van der Waals surface area contributed by atoms with E-state index < -0.39 is 0 Å². The molecule has 0 radical (unpaired) electrons. The Hall–Kier alpha value is -0.540. The number of nitrogens with one attached hydrogen (secondary N) is 1. The third-order valence-electron chi connectivity index (χ3n) is 4.10. The monoisotopic (exact) mass is 311 g/mol. The Balaban J connectivity index is 2.03. The van der Waals surface area contributed by atoms with Crippen LogP contribution in [0.15, 0.2) is 22.7 Å². The van der Waals surface area contributed by atoms with Crippen LogP contribution in [0.25, 0.3) is 0 Å². The molecule has 0 aromatic heterocycles. The van der Waals surface area contributed by atoms with Crippen molar-refractivity contribution in [2.24, 2.45) is 5.41 Å². The first kappa shape index (κ1) is 13.9. The molecule has 2 rings (SSSR count). The lowest BCUT2D eigenvalue weighted by Gasteiger charge is -2.36. The summed E-state index contributed by atoms with van der Waals surface area (Å²) in [5, 5.41) is 13.2. The zero-order valence-corrected chi connectivity index (χ0v) is 12.6. The molecule has 1 aromatic carbocycles. The predicted octanol–water partition coefficient (Wildman–Crippen LogP) is 4.11. The molecule has 18 heavy (non-hydrogen) atoms. The third kappa shape index (κ3) is 3.07. The van der Waals surface area contributed by atoms with E-state index >= 15 is 0 Å². The number of halogens is 1. The Kier molecular flexibility index (Phi) is 4.68. The third-order valence-corrected chi connectivity index (χ3v) is 5.15. The van der Waals surface area contributed by atoms with Crippen LogP contribution in [-0.2, 0) is 0 Å². The van der Waals surface area contributed by atoms with Gasteiger partial charge in [0.05, 0.1) is 6.61 Å². The molecule has 1 aliphatic rings. The molecule has 0 amide bonds. The Morgan fingerprint density at radius 3 is 2.67 bits per heavy atom. The maximum absolute atomic E-state index is 9.69. The highest BCUT2D eigenvalue weighted by Gasteiger charge is 2.31. The lowest BCUT2D eigenvalue weighted by atomic mass is 9.74. The molecule has 2 nitrogen and oxygen atoms in total. The lowest BCUT2D eigenvalue weighted by Crippen LogP contribution is -2.35. The van der Waals surface area contributed by atoms with Crippen LogP contribution < -0.4 is 5.32 Å². The van der Waals surface area contributed by atoms with Crippen molar-refractivity contribution in [1.82, 2.24) is 0 Å². The summed E-state index contributed by atoms with van der Waals surface area (Å²) in [6.07, 6.45) is 6.09. The second-order valence-corrected chi connectivity index (χ2v) is 6.30. The fourth-order valence-electron chi connectivity index (χ4n) is 2.76. The molecule has 1 aliphatic carbocycles. The van der Waals surface area contributed by atoms with Gasteiger partial charge < -0.3 is 10.4 Å². The van der Waals surface area contributed by atoms with E-state index in [1.54, 1.807) is 0 Å². The minimum atomic E-state index is 0.0848. The van der Waals surface area contributed by atoms with Crippen LogP contribution in [0.5, 0.6) is 0 Å². The van der Waals surface area contributed by atoms with E-state index in [1.165, 1.54) is 24.8 Å². The van der Waals surface area contributed by atoms with Gasteiger partial charge in [0.2, 0.25) is 0 Å². The maximum Gasteiger partial charge on any atom is 0.0504 e. The van der Waals surface area contributed by atoms with Crippen LogP contribution in [0.4, 0.5) is 5.69 Å². The molecule has 0 saturated heterocycles. The van der Waals surface area contributed by atoms with Crippen LogP contribution in [0.1, 0.15) is 37.7 Å². The first-order chi connectivity index (χ1) is 8.67. The normalized spacial score (nSPS) is 18.6. The number of aliphatic hydroxyl groups excluding tert-OH is 1. The van der Waals surface area contributed by atoms with E-state index in [-0.39, 0.29) is 5.41 Å². The number of benzene rings is 1. The Labute approximate surface area is 118 Å². The van der Waals surface area contributed by atoms with E-state index in [9.17, 15) is 5.11 Å². The molecule has 1 aromatic rings. The van der Waals surface area contributed by atoms with E-state index in [0.717, 1.165) is 29.5 Å². The van der Waals surface area contributed by atoms with Crippen molar-refractivity contribution in [3.63, 3.8) is 0 Å². The van der Waals surface area contributed by atoms with Gasteiger partial charge in [0.1, 0.15) is 0 Å². The van der Waals surface area contributed by atoms with Gasteiger partial charge in [-0.15, -0.1) is 0 Å². The Bertz CT molecular complexity index is 399. The van der Waals surface area contributed by atoms with E-state index in [2.05, 4.69) is 46.4 Å². The number of aryl methyl sites for hydroxylation is 1. The lowest BCUT2D eigenvalue weighted by molar-refractivity contribution is 0.0944. The minimum absolute atomic E-state index is 0.0848. The van der Waals surface area contributed by atoms with Crippen molar-refractivity contribution in [1.29, 1.82) is 0 Å². The summed E-state index contributed by atoms with van der Waals surface area (Å²) in [6.45, 7) is 3.26. The van der Waals surface area contributed by atoms with Crippen molar-refractivity contribution >= 4 is 21.6 Å². The summed E-state index contributed by atoms with van der Waals surface area (Å²) < 4.78 is 1.13. The van der Waals surface area contributed by atoms with E-state index in [1.807, 2.05) is 0 Å². The number of aliphatic hydroxyl groups is 1. The zero-order chi connectivity index (χ0) is 13.0. The predicted molar refractivity (Wildman–Crippen MR) is 80.0 cm³/mol. The van der Waals surface area contributed by atoms with Crippen molar-refractivity contribution in [3.05, 3.63) is 28.2 Å². The van der Waals surface area contributed by atoms with Crippen LogP contribution in [0, 0.1) is 12.3 Å². The van der Waals surface area contributed by atoms with Crippen LogP contribution in [-0.4, -0.2) is 18.3 Å². The SMILES string of the molecule is Cc1cccc(NCC2(CO)CCCCC2)c1Br. The van der Waals surface area contributed by atoms with Crippen LogP contribution in [0.2, 0.25) is 0 Å². The number of anilines is 1. The summed E-state index contributed by atoms with van der Waals surface area (Å²) in [5.74, 6) is 0. The molecule has 0 unspecified atom stereocenters. The summed E-state index contributed by atoms with van der Waals surface area (Å²) >= 11 is 3.62. The standard InChI is InChI=1S/C15H22BrNO/c1-12-6-5-7-13(14(12)16)17-10-15(11-18)8-3-2-4-9-15/h5-7,17-18H,2-4,8-11H2,1H3. The summed E-state index contributed by atoms with van der Waals surface area (Å²) in [6, 6.07) is 6.25. The van der Waals surface area contributed by atoms with Crippen LogP contribution >= 0.6 is 15.9 Å². The fourth-order valence-corrected chi connectivity index (χ4v) is 3.16. The molecule has 0 atom stereocenters. The van der Waals surface area contributed by atoms with E-state index in [4.69, 9.17) is 0 Å². The van der Waals surface area contributed by atoms with Gasteiger partial charge >= 0.3 is 0 Å². The first-order valence-corrected chi connectivity index (χ1v) is 7.56. The molecule has 3 heteroatoms. The average Bonchev–Trinajstić information content (AvgIpc) is 2.41. The topological polar surface area (TPSA) is 32.3 Å². The van der Waals surface area contributed by atoms with Gasteiger partial charge in [-0.25, -0.2) is 0 Å². The fraction of sp³-hybridized carbons (Fsp3) is 0.600. The molecule has 1 saturated carbocycles. The van der Waals surface area contributed by atoms with Crippen molar-refractivity contribution < 1.29 is 5.11 Å². The molecular weight excluding hydrogens is 290 g/mol. The van der Waals surface area contributed by atoms with E-state index in [0.29, 0.717) is 6.61 Å². The van der Waals surface area contributed by atoms with Crippen molar-refractivity contribution in [3.8, 4) is 0 Å². The second kappa shape index (κ2) is 6.07. The zero-order valence-electron chi connectivity index (χ0n) is 11.0. The van der Waals surface area contributed by atoms with Gasteiger partial charge in [0.15, 0.2) is 0 Å². The Morgan fingerprint density at radius 1 is 1.28 bits per heavy atom. The molecule has 0 heterocycles. The summed E-state index contributed by atoms with van der Waals surface area (Å²) in [5.41, 5.74) is 2.46. The molecule has 0 bridgehead atoms. The highest BCUT2D eigenvalue weighted by molar-refractivity contribution is 9.10.